The second-order valence-corrected chi connectivity index (χ2v) is 6.45. The Labute approximate surface area is 141 Å². The molecule has 1 fully saturated rings. The van der Waals surface area contributed by atoms with Crippen LogP contribution >= 0.6 is 0 Å². The minimum Gasteiger partial charge on any atom is -0.297 e. The maximum Gasteiger partial charge on any atom is 0.137 e. The second-order valence-electron chi connectivity index (χ2n) is 6.45. The average molecular weight is 322 g/mol. The van der Waals surface area contributed by atoms with E-state index in [1.54, 1.807) is 12.7 Å². The second kappa shape index (κ2) is 6.97. The average Bonchev–Trinajstić information content (AvgIpc) is 3.28. The maximum atomic E-state index is 4.72. The van der Waals surface area contributed by atoms with Crippen molar-refractivity contribution in [2.75, 3.05) is 13.1 Å². The molecule has 0 saturated carbocycles. The summed E-state index contributed by atoms with van der Waals surface area (Å²) in [6.07, 6.45) is 7.95. The summed E-state index contributed by atoms with van der Waals surface area (Å²) in [5, 5.41) is 8.95. The Kier molecular flexibility index (Phi) is 4.38. The summed E-state index contributed by atoms with van der Waals surface area (Å²) >= 11 is 0. The highest BCUT2D eigenvalue weighted by atomic mass is 15.3. The van der Waals surface area contributed by atoms with Gasteiger partial charge in [0.1, 0.15) is 12.7 Å². The normalized spacial score (nSPS) is 18.8. The van der Waals surface area contributed by atoms with E-state index >= 15 is 0 Å². The van der Waals surface area contributed by atoms with Crippen LogP contribution in [0.25, 0.3) is 5.69 Å². The predicted molar refractivity (Wildman–Crippen MR) is 91.6 cm³/mol. The lowest BCUT2D eigenvalue weighted by molar-refractivity contribution is 0.151. The Morgan fingerprint density at radius 3 is 2.88 bits per heavy atom. The lowest BCUT2D eigenvalue weighted by Gasteiger charge is -2.32. The first kappa shape index (κ1) is 15.1. The molecule has 1 atom stereocenters. The van der Waals surface area contributed by atoms with Gasteiger partial charge < -0.3 is 0 Å². The molecular formula is C18H22N6. The molecule has 3 heterocycles. The Balaban J connectivity index is 1.37. The van der Waals surface area contributed by atoms with E-state index in [9.17, 15) is 0 Å². The first-order chi connectivity index (χ1) is 11.9. The molecule has 1 aromatic carbocycles. The van der Waals surface area contributed by atoms with Crippen LogP contribution < -0.4 is 0 Å². The predicted octanol–water partition coefficient (Wildman–Crippen LogP) is 2.38. The van der Waals surface area contributed by atoms with Crippen LogP contribution in [-0.2, 0) is 13.1 Å². The van der Waals surface area contributed by atoms with Crippen molar-refractivity contribution in [3.63, 3.8) is 0 Å². The number of aromatic nitrogens is 5. The van der Waals surface area contributed by atoms with Crippen LogP contribution in [-0.4, -0.2) is 42.5 Å². The van der Waals surface area contributed by atoms with E-state index in [-0.39, 0.29) is 0 Å². The van der Waals surface area contributed by atoms with Crippen LogP contribution in [0.4, 0.5) is 0 Å². The Morgan fingerprint density at radius 2 is 2.04 bits per heavy atom. The van der Waals surface area contributed by atoms with Crippen molar-refractivity contribution in [3.8, 4) is 5.69 Å². The third-order valence-electron chi connectivity index (χ3n) is 4.57. The van der Waals surface area contributed by atoms with E-state index in [1.807, 2.05) is 33.8 Å². The molecule has 0 radical (unpaired) electrons. The number of nitrogens with zero attached hydrogens (tertiary/aromatic N) is 6. The fourth-order valence-electron chi connectivity index (χ4n) is 3.44. The van der Waals surface area contributed by atoms with Crippen molar-refractivity contribution < 1.29 is 0 Å². The van der Waals surface area contributed by atoms with Crippen molar-refractivity contribution in [1.82, 2.24) is 29.4 Å². The van der Waals surface area contributed by atoms with E-state index in [1.165, 1.54) is 12.8 Å². The molecule has 1 aliphatic heterocycles. The van der Waals surface area contributed by atoms with Gasteiger partial charge in [0.25, 0.3) is 0 Å². The van der Waals surface area contributed by atoms with Gasteiger partial charge in [-0.05, 0) is 43.5 Å². The molecule has 6 heteroatoms. The number of rotatable bonds is 5. The number of para-hydroxylation sites is 1. The maximum absolute atomic E-state index is 4.72. The third kappa shape index (κ3) is 3.54. The van der Waals surface area contributed by atoms with Crippen molar-refractivity contribution in [3.05, 3.63) is 60.9 Å². The zero-order chi connectivity index (χ0) is 16.2. The van der Waals surface area contributed by atoms with Crippen LogP contribution in [0.2, 0.25) is 0 Å². The molecule has 0 spiro atoms. The third-order valence-corrected chi connectivity index (χ3v) is 4.57. The van der Waals surface area contributed by atoms with E-state index < -0.39 is 0 Å². The minimum atomic E-state index is 0.636. The zero-order valence-corrected chi connectivity index (χ0v) is 13.7. The summed E-state index contributed by atoms with van der Waals surface area (Å²) in [5.74, 6) is 0.636. The molecule has 1 saturated heterocycles. The van der Waals surface area contributed by atoms with Crippen molar-refractivity contribution >= 4 is 0 Å². The van der Waals surface area contributed by atoms with Crippen LogP contribution in [0.3, 0.4) is 0 Å². The molecule has 4 rings (SSSR count). The van der Waals surface area contributed by atoms with Gasteiger partial charge in [-0.15, -0.1) is 0 Å². The quantitative estimate of drug-likeness (QED) is 0.724. The molecule has 1 aliphatic rings. The van der Waals surface area contributed by atoms with Crippen LogP contribution in [0.15, 0.2) is 55.2 Å². The molecule has 24 heavy (non-hydrogen) atoms. The van der Waals surface area contributed by atoms with E-state index in [0.717, 1.165) is 37.6 Å². The lowest BCUT2D eigenvalue weighted by atomic mass is 9.98. The summed E-state index contributed by atoms with van der Waals surface area (Å²) in [6.45, 7) is 4.10. The molecule has 0 bridgehead atoms. The van der Waals surface area contributed by atoms with Gasteiger partial charge >= 0.3 is 0 Å². The van der Waals surface area contributed by atoms with Gasteiger partial charge in [-0.1, -0.05) is 18.2 Å². The van der Waals surface area contributed by atoms with Gasteiger partial charge in [-0.3, -0.25) is 9.58 Å². The summed E-state index contributed by atoms with van der Waals surface area (Å²) in [4.78, 5) is 6.53. The van der Waals surface area contributed by atoms with Crippen LogP contribution in [0.1, 0.15) is 18.5 Å². The van der Waals surface area contributed by atoms with Gasteiger partial charge in [0, 0.05) is 25.8 Å². The monoisotopic (exact) mass is 322 g/mol. The number of likely N-dealkylation sites (tertiary alicyclic amines) is 1. The first-order valence-corrected chi connectivity index (χ1v) is 8.51. The van der Waals surface area contributed by atoms with Gasteiger partial charge in [0.15, 0.2) is 0 Å². The highest BCUT2D eigenvalue weighted by Crippen LogP contribution is 2.19. The van der Waals surface area contributed by atoms with E-state index in [2.05, 4.69) is 33.2 Å². The molecule has 0 N–H and O–H groups in total. The largest absolute Gasteiger partial charge is 0.297 e. The molecule has 6 nitrogen and oxygen atoms in total. The van der Waals surface area contributed by atoms with Crippen LogP contribution in [0.5, 0.6) is 0 Å². The summed E-state index contributed by atoms with van der Waals surface area (Å²) in [7, 11) is 0. The van der Waals surface area contributed by atoms with E-state index in [4.69, 9.17) is 5.10 Å². The van der Waals surface area contributed by atoms with Gasteiger partial charge in [-0.25, -0.2) is 9.67 Å². The summed E-state index contributed by atoms with van der Waals surface area (Å²) < 4.78 is 3.89. The molecule has 2 aromatic heterocycles. The number of piperidine rings is 1. The number of hydrogen-bond donors (Lipinski definition) is 0. The van der Waals surface area contributed by atoms with E-state index in [0.29, 0.717) is 5.92 Å². The summed E-state index contributed by atoms with van der Waals surface area (Å²) in [5.41, 5.74) is 2.23. The Morgan fingerprint density at radius 1 is 1.12 bits per heavy atom. The SMILES string of the molecule is c1ccc(-n2ccc(CN3CCCC(Cn4cncn4)C3)n2)cc1. The summed E-state index contributed by atoms with van der Waals surface area (Å²) in [6, 6.07) is 12.4. The zero-order valence-electron chi connectivity index (χ0n) is 13.7. The topological polar surface area (TPSA) is 51.8 Å². The standard InChI is InChI=1S/C18H22N6/c1-2-6-18(7-3-1)24-10-8-17(21-24)13-22-9-4-5-16(11-22)12-23-15-19-14-20-23/h1-3,6-8,10,14-16H,4-5,9,11-13H2. The van der Waals surface area contributed by atoms with Gasteiger partial charge in [0.2, 0.25) is 0 Å². The lowest BCUT2D eigenvalue weighted by Crippen LogP contribution is -2.36. The first-order valence-electron chi connectivity index (χ1n) is 8.51. The number of hydrogen-bond acceptors (Lipinski definition) is 4. The molecule has 1 unspecified atom stereocenters. The Bertz CT molecular complexity index is 749. The highest BCUT2D eigenvalue weighted by molar-refractivity contribution is 5.30. The van der Waals surface area contributed by atoms with Gasteiger partial charge in [0.05, 0.1) is 11.4 Å². The van der Waals surface area contributed by atoms with Crippen molar-refractivity contribution in [2.24, 2.45) is 5.92 Å². The van der Waals surface area contributed by atoms with Crippen molar-refractivity contribution in [2.45, 2.75) is 25.9 Å². The highest BCUT2D eigenvalue weighted by Gasteiger charge is 2.21. The van der Waals surface area contributed by atoms with Gasteiger partial charge in [-0.2, -0.15) is 10.2 Å². The molecule has 124 valence electrons. The molecule has 3 aromatic rings. The minimum absolute atomic E-state index is 0.636. The van der Waals surface area contributed by atoms with Crippen molar-refractivity contribution in [1.29, 1.82) is 0 Å². The fraction of sp³-hybridized carbons (Fsp3) is 0.389. The smallest absolute Gasteiger partial charge is 0.137 e. The molecule has 0 amide bonds. The molecule has 0 aliphatic carbocycles. The molecular weight excluding hydrogens is 300 g/mol. The Hall–Kier alpha value is -2.47. The fourth-order valence-corrected chi connectivity index (χ4v) is 3.44. The van der Waals surface area contributed by atoms with Crippen LogP contribution in [0, 0.1) is 5.92 Å². The number of benzene rings is 1.